The number of nitrogens with zero attached hydrogens (tertiary/aromatic N) is 1. The lowest BCUT2D eigenvalue weighted by Gasteiger charge is -2.13. The molecule has 0 aliphatic rings. The maximum absolute atomic E-state index is 5.59. The van der Waals surface area contributed by atoms with Crippen LogP contribution in [0.3, 0.4) is 0 Å². The standard InChI is InChI=1S/C20H35N3O3/c1-6-21-20(22-11-7-13-26-15-16(2)3)23-12-10-17-14-18(24-4)8-9-19(17)25-5/h8-9,14,16H,6-7,10-13,15H2,1-5H3,(H2,21,22,23). The van der Waals surface area contributed by atoms with Crippen LogP contribution in [0.1, 0.15) is 32.8 Å². The van der Waals surface area contributed by atoms with Crippen LogP contribution in [0.15, 0.2) is 23.2 Å². The molecule has 0 heterocycles. The van der Waals surface area contributed by atoms with Gasteiger partial charge < -0.3 is 24.8 Å². The van der Waals surface area contributed by atoms with E-state index in [-0.39, 0.29) is 0 Å². The second-order valence-corrected chi connectivity index (χ2v) is 6.44. The van der Waals surface area contributed by atoms with Gasteiger partial charge in [0, 0.05) is 32.8 Å². The molecule has 6 nitrogen and oxygen atoms in total. The minimum absolute atomic E-state index is 0.575. The van der Waals surface area contributed by atoms with Crippen LogP contribution in [0.4, 0.5) is 0 Å². The molecule has 2 N–H and O–H groups in total. The molecule has 0 spiro atoms. The Kier molecular flexibility index (Phi) is 11.3. The number of methoxy groups -OCH3 is 2. The first-order valence-corrected chi connectivity index (χ1v) is 9.41. The summed E-state index contributed by atoms with van der Waals surface area (Å²) < 4.78 is 16.3. The third-order valence-electron chi connectivity index (χ3n) is 3.69. The minimum Gasteiger partial charge on any atom is -0.497 e. The Morgan fingerprint density at radius 1 is 1.15 bits per heavy atom. The minimum atomic E-state index is 0.575. The Bertz CT molecular complexity index is 533. The first-order chi connectivity index (χ1) is 12.6. The maximum Gasteiger partial charge on any atom is 0.191 e. The number of nitrogens with one attached hydrogen (secondary N) is 2. The molecule has 1 aromatic carbocycles. The van der Waals surface area contributed by atoms with Gasteiger partial charge in [-0.1, -0.05) is 13.8 Å². The molecule has 0 aliphatic heterocycles. The Morgan fingerprint density at radius 2 is 1.96 bits per heavy atom. The van der Waals surface area contributed by atoms with Crippen LogP contribution in [-0.4, -0.2) is 53.0 Å². The van der Waals surface area contributed by atoms with Crippen LogP contribution >= 0.6 is 0 Å². The lowest BCUT2D eigenvalue weighted by molar-refractivity contribution is 0.109. The van der Waals surface area contributed by atoms with E-state index in [9.17, 15) is 0 Å². The highest BCUT2D eigenvalue weighted by Crippen LogP contribution is 2.24. The van der Waals surface area contributed by atoms with E-state index < -0.39 is 0 Å². The van der Waals surface area contributed by atoms with Gasteiger partial charge in [0.05, 0.1) is 14.2 Å². The van der Waals surface area contributed by atoms with Crippen molar-refractivity contribution in [1.82, 2.24) is 10.6 Å². The Labute approximate surface area is 158 Å². The third-order valence-corrected chi connectivity index (χ3v) is 3.69. The molecular formula is C20H35N3O3. The van der Waals surface area contributed by atoms with Crippen molar-refractivity contribution < 1.29 is 14.2 Å². The molecule has 0 saturated heterocycles. The summed E-state index contributed by atoms with van der Waals surface area (Å²) in [6.45, 7) is 10.3. The highest BCUT2D eigenvalue weighted by Gasteiger charge is 2.05. The van der Waals surface area contributed by atoms with Gasteiger partial charge in [0.25, 0.3) is 0 Å². The van der Waals surface area contributed by atoms with Gasteiger partial charge in [-0.05, 0) is 49.4 Å². The molecule has 0 bridgehead atoms. The maximum atomic E-state index is 5.59. The lowest BCUT2D eigenvalue weighted by atomic mass is 10.1. The Morgan fingerprint density at radius 3 is 2.62 bits per heavy atom. The normalized spacial score (nSPS) is 11.5. The molecule has 1 rings (SSSR count). The molecule has 26 heavy (non-hydrogen) atoms. The second-order valence-electron chi connectivity index (χ2n) is 6.44. The van der Waals surface area contributed by atoms with E-state index >= 15 is 0 Å². The van der Waals surface area contributed by atoms with E-state index in [1.807, 2.05) is 18.2 Å². The molecule has 0 saturated carbocycles. The molecule has 0 fully saturated rings. The van der Waals surface area contributed by atoms with Gasteiger partial charge in [-0.15, -0.1) is 0 Å². The van der Waals surface area contributed by atoms with Crippen molar-refractivity contribution in [1.29, 1.82) is 0 Å². The van der Waals surface area contributed by atoms with Crippen LogP contribution in [0.5, 0.6) is 11.5 Å². The van der Waals surface area contributed by atoms with Crippen molar-refractivity contribution in [2.45, 2.75) is 33.6 Å². The molecule has 0 atom stereocenters. The van der Waals surface area contributed by atoms with Gasteiger partial charge in [0.1, 0.15) is 11.5 Å². The van der Waals surface area contributed by atoms with Crippen LogP contribution in [0.2, 0.25) is 0 Å². The predicted octanol–water partition coefficient (Wildman–Crippen LogP) is 2.86. The molecule has 0 radical (unpaired) electrons. The highest BCUT2D eigenvalue weighted by molar-refractivity contribution is 5.79. The smallest absolute Gasteiger partial charge is 0.191 e. The van der Waals surface area contributed by atoms with Crippen LogP contribution < -0.4 is 20.1 Å². The zero-order chi connectivity index (χ0) is 19.2. The first kappa shape index (κ1) is 22.1. The summed E-state index contributed by atoms with van der Waals surface area (Å²) in [5, 5.41) is 6.64. The first-order valence-electron chi connectivity index (χ1n) is 9.41. The number of benzene rings is 1. The zero-order valence-electron chi connectivity index (χ0n) is 16.9. The lowest BCUT2D eigenvalue weighted by Crippen LogP contribution is -2.38. The van der Waals surface area contributed by atoms with Crippen LogP contribution in [0.25, 0.3) is 0 Å². The van der Waals surface area contributed by atoms with Gasteiger partial charge in [-0.2, -0.15) is 0 Å². The fraction of sp³-hybridized carbons (Fsp3) is 0.650. The van der Waals surface area contributed by atoms with Crippen molar-refractivity contribution in [3.63, 3.8) is 0 Å². The van der Waals surface area contributed by atoms with Crippen LogP contribution in [0, 0.1) is 5.92 Å². The number of ether oxygens (including phenoxy) is 3. The van der Waals surface area contributed by atoms with Gasteiger partial charge in [-0.3, -0.25) is 4.99 Å². The van der Waals surface area contributed by atoms with Gasteiger partial charge >= 0.3 is 0 Å². The monoisotopic (exact) mass is 365 g/mol. The van der Waals surface area contributed by atoms with E-state index in [1.165, 1.54) is 0 Å². The van der Waals surface area contributed by atoms with Crippen molar-refractivity contribution in [2.75, 3.05) is 47.1 Å². The predicted molar refractivity (Wildman–Crippen MR) is 108 cm³/mol. The number of hydrogen-bond donors (Lipinski definition) is 2. The summed E-state index contributed by atoms with van der Waals surface area (Å²) in [5.74, 6) is 3.11. The number of guanidine groups is 1. The van der Waals surface area contributed by atoms with Gasteiger partial charge in [0.2, 0.25) is 0 Å². The quantitative estimate of drug-likeness (QED) is 0.339. The van der Waals surface area contributed by atoms with Crippen LogP contribution in [-0.2, 0) is 11.2 Å². The summed E-state index contributed by atoms with van der Waals surface area (Å²) in [5.41, 5.74) is 1.11. The van der Waals surface area contributed by atoms with Gasteiger partial charge in [0.15, 0.2) is 5.96 Å². The van der Waals surface area contributed by atoms with E-state index in [2.05, 4.69) is 36.4 Å². The molecule has 0 aliphatic carbocycles. The molecule has 0 aromatic heterocycles. The number of aliphatic imine (C=N–C) groups is 1. The van der Waals surface area contributed by atoms with Crippen molar-refractivity contribution in [3.05, 3.63) is 23.8 Å². The topological polar surface area (TPSA) is 64.1 Å². The number of hydrogen-bond acceptors (Lipinski definition) is 4. The van der Waals surface area contributed by atoms with E-state index in [1.54, 1.807) is 14.2 Å². The Hall–Kier alpha value is -1.95. The molecular weight excluding hydrogens is 330 g/mol. The summed E-state index contributed by atoms with van der Waals surface area (Å²) in [6, 6.07) is 5.85. The van der Waals surface area contributed by atoms with Crippen molar-refractivity contribution >= 4 is 5.96 Å². The van der Waals surface area contributed by atoms with Crippen molar-refractivity contribution in [3.8, 4) is 11.5 Å². The summed E-state index contributed by atoms with van der Waals surface area (Å²) in [7, 11) is 3.36. The SMILES string of the molecule is CCNC(=NCCCOCC(C)C)NCCc1cc(OC)ccc1OC. The zero-order valence-corrected chi connectivity index (χ0v) is 16.9. The summed E-state index contributed by atoms with van der Waals surface area (Å²) in [6.07, 6.45) is 1.75. The summed E-state index contributed by atoms with van der Waals surface area (Å²) in [4.78, 5) is 4.60. The summed E-state index contributed by atoms with van der Waals surface area (Å²) >= 11 is 0. The number of rotatable bonds is 12. The largest absolute Gasteiger partial charge is 0.497 e. The van der Waals surface area contributed by atoms with E-state index in [4.69, 9.17) is 14.2 Å². The average Bonchev–Trinajstić information content (AvgIpc) is 2.64. The van der Waals surface area contributed by atoms with E-state index in [0.717, 1.165) is 68.7 Å². The van der Waals surface area contributed by atoms with Gasteiger partial charge in [-0.25, -0.2) is 0 Å². The molecule has 148 valence electrons. The molecule has 1 aromatic rings. The average molecular weight is 366 g/mol. The third kappa shape index (κ3) is 8.94. The van der Waals surface area contributed by atoms with E-state index in [0.29, 0.717) is 5.92 Å². The second kappa shape index (κ2) is 13.3. The Balaban J connectivity index is 2.44. The molecule has 0 unspecified atom stereocenters. The van der Waals surface area contributed by atoms with Crippen molar-refractivity contribution in [2.24, 2.45) is 10.9 Å². The molecule has 6 heteroatoms. The fourth-order valence-corrected chi connectivity index (χ4v) is 2.41. The highest BCUT2D eigenvalue weighted by atomic mass is 16.5. The molecule has 0 amide bonds. The fourth-order valence-electron chi connectivity index (χ4n) is 2.41.